The van der Waals surface area contributed by atoms with Gasteiger partial charge in [-0.15, -0.1) is 10.2 Å². The molecule has 2 amide bonds. The van der Waals surface area contributed by atoms with Crippen molar-refractivity contribution < 1.29 is 14.3 Å². The topological polar surface area (TPSA) is 93.5 Å². The van der Waals surface area contributed by atoms with Gasteiger partial charge in [0.2, 0.25) is 0 Å². The van der Waals surface area contributed by atoms with Crippen LogP contribution < -0.4 is 0 Å². The second kappa shape index (κ2) is 10.3. The van der Waals surface area contributed by atoms with Crippen LogP contribution in [0.5, 0.6) is 0 Å². The number of pyridine rings is 1. The zero-order valence-electron chi connectivity index (χ0n) is 19.8. The first-order valence-electron chi connectivity index (χ1n) is 11.8. The lowest BCUT2D eigenvalue weighted by molar-refractivity contribution is 0.0560. The van der Waals surface area contributed by atoms with Crippen molar-refractivity contribution in [2.45, 2.75) is 13.3 Å². The molecule has 9 nitrogen and oxygen atoms in total. The highest BCUT2D eigenvalue weighted by molar-refractivity contribution is 6.35. The average Bonchev–Trinajstić information content (AvgIpc) is 3.46. The first-order valence-corrected chi connectivity index (χ1v) is 12.2. The molecule has 2 aromatic heterocycles. The molecule has 1 aliphatic rings. The van der Waals surface area contributed by atoms with Crippen LogP contribution in [0, 0.1) is 0 Å². The molecule has 1 aliphatic heterocycles. The van der Waals surface area contributed by atoms with Gasteiger partial charge in [-0.1, -0.05) is 36.7 Å². The molecule has 10 heteroatoms. The van der Waals surface area contributed by atoms with Crippen LogP contribution in [-0.4, -0.2) is 74.3 Å². The van der Waals surface area contributed by atoms with Crippen LogP contribution in [0.1, 0.15) is 23.7 Å². The molecule has 0 radical (unpaired) electrons. The van der Waals surface area contributed by atoms with Crippen molar-refractivity contribution in [2.75, 3.05) is 32.8 Å². The molecule has 2 aromatic carbocycles. The Balaban J connectivity index is 1.37. The van der Waals surface area contributed by atoms with Gasteiger partial charge in [0.15, 0.2) is 0 Å². The molecule has 0 N–H and O–H groups in total. The van der Waals surface area contributed by atoms with Gasteiger partial charge in [0.05, 0.1) is 22.8 Å². The molecule has 4 aromatic rings. The van der Waals surface area contributed by atoms with E-state index in [-0.39, 0.29) is 12.0 Å². The van der Waals surface area contributed by atoms with Crippen LogP contribution in [0.3, 0.4) is 0 Å². The number of fused-ring (bicyclic) bond motifs is 1. The summed E-state index contributed by atoms with van der Waals surface area (Å²) in [6.07, 6.45) is 3.71. The number of ether oxygens (including phenoxy) is 1. The smallest absolute Gasteiger partial charge is 0.409 e. The molecular weight excluding hydrogens is 480 g/mol. The molecule has 0 spiro atoms. The summed E-state index contributed by atoms with van der Waals surface area (Å²) in [5.41, 5.74) is 3.65. The van der Waals surface area contributed by atoms with E-state index in [2.05, 4.69) is 10.2 Å². The maximum absolute atomic E-state index is 13.2. The Kier molecular flexibility index (Phi) is 6.81. The van der Waals surface area contributed by atoms with Crippen molar-refractivity contribution in [2.24, 2.45) is 0 Å². The minimum atomic E-state index is -0.325. The van der Waals surface area contributed by atoms with E-state index in [0.29, 0.717) is 54.6 Å². The number of benzene rings is 2. The highest BCUT2D eigenvalue weighted by Crippen LogP contribution is 2.30. The predicted molar refractivity (Wildman–Crippen MR) is 136 cm³/mol. The third-order valence-corrected chi connectivity index (χ3v) is 6.43. The first kappa shape index (κ1) is 23.7. The molecule has 0 atom stereocenters. The average molecular weight is 505 g/mol. The second-order valence-electron chi connectivity index (χ2n) is 8.53. The van der Waals surface area contributed by atoms with E-state index in [1.165, 1.54) is 0 Å². The summed E-state index contributed by atoms with van der Waals surface area (Å²) in [6.45, 7) is 4.13. The standard InChI is InChI=1S/C26H25ClN6O3/c1-2-12-36-26(35)32-10-8-31(9-11-32)25(34)19-6-7-21-22(27)15-23(30-24(21)14-19)18-4-3-5-20(13-18)33-16-28-29-17-33/h3-7,13-17H,2,8-12H2,1H3. The number of nitrogens with zero attached hydrogens (tertiary/aromatic N) is 6. The summed E-state index contributed by atoms with van der Waals surface area (Å²) in [5.74, 6) is -0.101. The minimum absolute atomic E-state index is 0.101. The number of amides is 2. The Morgan fingerprint density at radius 2 is 1.72 bits per heavy atom. The molecule has 5 rings (SSSR count). The summed E-state index contributed by atoms with van der Waals surface area (Å²) in [6, 6.07) is 15.0. The normalized spacial score (nSPS) is 13.7. The van der Waals surface area contributed by atoms with Gasteiger partial charge in [-0.25, -0.2) is 9.78 Å². The van der Waals surface area contributed by atoms with Crippen molar-refractivity contribution in [3.8, 4) is 16.9 Å². The fraction of sp³-hybridized carbons (Fsp3) is 0.269. The molecule has 0 bridgehead atoms. The van der Waals surface area contributed by atoms with Crippen molar-refractivity contribution >= 4 is 34.5 Å². The lowest BCUT2D eigenvalue weighted by Crippen LogP contribution is -2.50. The predicted octanol–water partition coefficient (Wildman–Crippen LogP) is 4.44. The Bertz CT molecular complexity index is 1400. The van der Waals surface area contributed by atoms with Crippen molar-refractivity contribution in [3.05, 3.63) is 71.8 Å². The zero-order valence-corrected chi connectivity index (χ0v) is 20.6. The van der Waals surface area contributed by atoms with E-state index in [9.17, 15) is 9.59 Å². The Morgan fingerprint density at radius 3 is 2.47 bits per heavy atom. The van der Waals surface area contributed by atoms with Crippen molar-refractivity contribution in [1.82, 2.24) is 29.5 Å². The number of aromatic nitrogens is 4. The molecule has 184 valence electrons. The van der Waals surface area contributed by atoms with Crippen molar-refractivity contribution in [3.63, 3.8) is 0 Å². The van der Waals surface area contributed by atoms with E-state index >= 15 is 0 Å². The summed E-state index contributed by atoms with van der Waals surface area (Å²) < 4.78 is 7.01. The lowest BCUT2D eigenvalue weighted by atomic mass is 10.1. The maximum atomic E-state index is 13.2. The molecular formula is C26H25ClN6O3. The monoisotopic (exact) mass is 504 g/mol. The molecule has 1 saturated heterocycles. The zero-order chi connectivity index (χ0) is 25.1. The van der Waals surface area contributed by atoms with Crippen LogP contribution in [0.2, 0.25) is 5.02 Å². The molecule has 1 fully saturated rings. The molecule has 36 heavy (non-hydrogen) atoms. The SMILES string of the molecule is CCCOC(=O)N1CCN(C(=O)c2ccc3c(Cl)cc(-c4cccc(-n5cnnc5)c4)nc3c2)CC1. The number of carbonyl (C=O) groups is 2. The number of carbonyl (C=O) groups excluding carboxylic acids is 2. The molecule has 0 unspecified atom stereocenters. The van der Waals surface area contributed by atoms with Crippen LogP contribution >= 0.6 is 11.6 Å². The fourth-order valence-corrected chi connectivity index (χ4v) is 4.45. The molecule has 3 heterocycles. The number of hydrogen-bond donors (Lipinski definition) is 0. The van der Waals surface area contributed by atoms with Crippen LogP contribution in [0.25, 0.3) is 27.8 Å². The van der Waals surface area contributed by atoms with Gasteiger partial charge in [-0.3, -0.25) is 9.36 Å². The number of rotatable bonds is 5. The quantitative estimate of drug-likeness (QED) is 0.399. The Morgan fingerprint density at radius 1 is 0.972 bits per heavy atom. The highest BCUT2D eigenvalue weighted by atomic mass is 35.5. The van der Waals surface area contributed by atoms with E-state index in [0.717, 1.165) is 23.1 Å². The summed E-state index contributed by atoms with van der Waals surface area (Å²) >= 11 is 6.60. The van der Waals surface area contributed by atoms with Gasteiger partial charge in [-0.05, 0) is 36.8 Å². The second-order valence-corrected chi connectivity index (χ2v) is 8.94. The summed E-state index contributed by atoms with van der Waals surface area (Å²) in [7, 11) is 0. The number of halogens is 1. The minimum Gasteiger partial charge on any atom is -0.449 e. The van der Waals surface area contributed by atoms with Crippen molar-refractivity contribution in [1.29, 1.82) is 0 Å². The van der Waals surface area contributed by atoms with E-state index in [1.807, 2.05) is 47.9 Å². The van der Waals surface area contributed by atoms with Crippen LogP contribution in [0.4, 0.5) is 4.79 Å². The largest absolute Gasteiger partial charge is 0.449 e. The Hall–Kier alpha value is -3.98. The fourth-order valence-electron chi connectivity index (χ4n) is 4.18. The van der Waals surface area contributed by atoms with E-state index in [1.54, 1.807) is 34.6 Å². The van der Waals surface area contributed by atoms with Gasteiger partial charge >= 0.3 is 6.09 Å². The summed E-state index contributed by atoms with van der Waals surface area (Å²) in [4.78, 5) is 33.5. The number of piperazine rings is 1. The van der Waals surface area contributed by atoms with Gasteiger partial charge in [-0.2, -0.15) is 0 Å². The first-order chi connectivity index (χ1) is 17.5. The third-order valence-electron chi connectivity index (χ3n) is 6.12. The Labute approximate surface area is 213 Å². The van der Waals surface area contributed by atoms with E-state index in [4.69, 9.17) is 21.3 Å². The van der Waals surface area contributed by atoms with Crippen LogP contribution in [-0.2, 0) is 4.74 Å². The van der Waals surface area contributed by atoms with Gasteiger partial charge < -0.3 is 14.5 Å². The molecule has 0 saturated carbocycles. The lowest BCUT2D eigenvalue weighted by Gasteiger charge is -2.34. The van der Waals surface area contributed by atoms with E-state index < -0.39 is 0 Å². The maximum Gasteiger partial charge on any atom is 0.409 e. The summed E-state index contributed by atoms with van der Waals surface area (Å²) in [5, 5.41) is 9.05. The van der Waals surface area contributed by atoms with Gasteiger partial charge in [0.25, 0.3) is 5.91 Å². The highest BCUT2D eigenvalue weighted by Gasteiger charge is 2.26. The third kappa shape index (κ3) is 4.87. The molecule has 0 aliphatic carbocycles. The number of hydrogen-bond acceptors (Lipinski definition) is 6. The van der Waals surface area contributed by atoms with Crippen LogP contribution in [0.15, 0.2) is 61.2 Å². The van der Waals surface area contributed by atoms with Gasteiger partial charge in [0.1, 0.15) is 12.7 Å². The van der Waals surface area contributed by atoms with Gasteiger partial charge in [0, 0.05) is 48.4 Å².